The Bertz CT molecular complexity index is 368. The van der Waals surface area contributed by atoms with Gasteiger partial charge in [-0.15, -0.1) is 0 Å². The maximum absolute atomic E-state index is 5.60. The largest absolute Gasteiger partial charge is 0.318 e. The van der Waals surface area contributed by atoms with Crippen molar-refractivity contribution in [3.63, 3.8) is 0 Å². The van der Waals surface area contributed by atoms with E-state index in [-0.39, 0.29) is 6.04 Å². The van der Waals surface area contributed by atoms with Crippen LogP contribution in [0.5, 0.6) is 0 Å². The van der Waals surface area contributed by atoms with Crippen LogP contribution in [-0.4, -0.2) is 6.04 Å². The van der Waals surface area contributed by atoms with E-state index in [0.29, 0.717) is 0 Å². The highest BCUT2D eigenvalue weighted by molar-refractivity contribution is 5.48. The van der Waals surface area contributed by atoms with Crippen molar-refractivity contribution in [3.05, 3.63) is 34.4 Å². The Balaban J connectivity index is 3.17. The minimum atomic E-state index is -0.0601. The van der Waals surface area contributed by atoms with Crippen molar-refractivity contribution < 1.29 is 0 Å². The van der Waals surface area contributed by atoms with Gasteiger partial charge in [0, 0.05) is 5.56 Å². The van der Waals surface area contributed by atoms with Crippen molar-refractivity contribution in [1.29, 1.82) is 0 Å². The molecule has 0 radical (unpaired) electrons. The molecular formula is C13H17N. The van der Waals surface area contributed by atoms with Gasteiger partial charge in [-0.25, -0.2) is 0 Å². The predicted octanol–water partition coefficient (Wildman–Crippen LogP) is 2.31. The molecule has 1 unspecified atom stereocenters. The molecule has 0 aromatic heterocycles. The second-order valence-electron chi connectivity index (χ2n) is 3.83. The standard InChI is InChI=1S/C13H17N/c1-9-7-10(2)13(11(3)8-9)6-5-12(4)14/h7-8,12H,14H2,1-4H3. The summed E-state index contributed by atoms with van der Waals surface area (Å²) in [5, 5.41) is 0. The van der Waals surface area contributed by atoms with E-state index in [0.717, 1.165) is 5.56 Å². The van der Waals surface area contributed by atoms with Gasteiger partial charge in [0.05, 0.1) is 6.04 Å². The molecule has 0 heterocycles. The van der Waals surface area contributed by atoms with Crippen molar-refractivity contribution in [2.45, 2.75) is 33.7 Å². The molecule has 0 bridgehead atoms. The molecule has 1 rings (SSSR count). The van der Waals surface area contributed by atoms with E-state index in [1.807, 2.05) is 6.92 Å². The van der Waals surface area contributed by atoms with Gasteiger partial charge in [-0.05, 0) is 38.8 Å². The average Bonchev–Trinajstić information content (AvgIpc) is 2.01. The summed E-state index contributed by atoms with van der Waals surface area (Å²) in [4.78, 5) is 0. The fourth-order valence-corrected chi connectivity index (χ4v) is 1.56. The van der Waals surface area contributed by atoms with Gasteiger partial charge in [-0.3, -0.25) is 0 Å². The molecule has 0 saturated heterocycles. The van der Waals surface area contributed by atoms with Crippen LogP contribution in [0.1, 0.15) is 29.2 Å². The SMILES string of the molecule is Cc1cc(C)c(C#CC(C)N)c(C)c1. The van der Waals surface area contributed by atoms with Gasteiger partial charge in [0.1, 0.15) is 0 Å². The molecule has 14 heavy (non-hydrogen) atoms. The molecule has 0 fully saturated rings. The van der Waals surface area contributed by atoms with E-state index in [4.69, 9.17) is 5.73 Å². The summed E-state index contributed by atoms with van der Waals surface area (Å²) in [6.07, 6.45) is 0. The van der Waals surface area contributed by atoms with Crippen molar-refractivity contribution in [3.8, 4) is 11.8 Å². The van der Waals surface area contributed by atoms with Crippen LogP contribution >= 0.6 is 0 Å². The van der Waals surface area contributed by atoms with Crippen LogP contribution in [0.2, 0.25) is 0 Å². The second-order valence-corrected chi connectivity index (χ2v) is 3.83. The summed E-state index contributed by atoms with van der Waals surface area (Å²) >= 11 is 0. The summed E-state index contributed by atoms with van der Waals surface area (Å²) in [5.74, 6) is 6.12. The zero-order valence-corrected chi connectivity index (χ0v) is 9.31. The molecular weight excluding hydrogens is 170 g/mol. The van der Waals surface area contributed by atoms with Crippen LogP contribution < -0.4 is 5.73 Å². The first-order chi connectivity index (χ1) is 6.50. The van der Waals surface area contributed by atoms with Crippen LogP contribution in [0, 0.1) is 32.6 Å². The number of benzene rings is 1. The molecule has 1 atom stereocenters. The van der Waals surface area contributed by atoms with E-state index in [1.54, 1.807) is 0 Å². The molecule has 1 aromatic carbocycles. The molecule has 1 heteroatoms. The van der Waals surface area contributed by atoms with Gasteiger partial charge in [-0.1, -0.05) is 29.5 Å². The van der Waals surface area contributed by atoms with E-state index in [1.165, 1.54) is 16.7 Å². The predicted molar refractivity (Wildman–Crippen MR) is 61.2 cm³/mol. The van der Waals surface area contributed by atoms with Gasteiger partial charge in [-0.2, -0.15) is 0 Å². The minimum absolute atomic E-state index is 0.0601. The highest BCUT2D eigenvalue weighted by Crippen LogP contribution is 2.14. The highest BCUT2D eigenvalue weighted by atomic mass is 14.6. The Morgan fingerprint density at radius 2 is 1.64 bits per heavy atom. The molecule has 0 aliphatic carbocycles. The molecule has 2 N–H and O–H groups in total. The van der Waals surface area contributed by atoms with Gasteiger partial charge in [0.15, 0.2) is 0 Å². The quantitative estimate of drug-likeness (QED) is 0.620. The lowest BCUT2D eigenvalue weighted by Gasteiger charge is -2.04. The first-order valence-electron chi connectivity index (χ1n) is 4.85. The first-order valence-corrected chi connectivity index (χ1v) is 4.85. The van der Waals surface area contributed by atoms with Crippen molar-refractivity contribution in [2.24, 2.45) is 5.73 Å². The monoisotopic (exact) mass is 187 g/mol. The van der Waals surface area contributed by atoms with E-state index < -0.39 is 0 Å². The van der Waals surface area contributed by atoms with Crippen LogP contribution in [0.3, 0.4) is 0 Å². The third-order valence-corrected chi connectivity index (χ3v) is 2.10. The third kappa shape index (κ3) is 2.61. The molecule has 0 amide bonds. The van der Waals surface area contributed by atoms with Crippen LogP contribution in [0.15, 0.2) is 12.1 Å². The lowest BCUT2D eigenvalue weighted by atomic mass is 10.00. The van der Waals surface area contributed by atoms with Crippen LogP contribution in [-0.2, 0) is 0 Å². The minimum Gasteiger partial charge on any atom is -0.318 e. The Hall–Kier alpha value is -1.26. The summed E-state index contributed by atoms with van der Waals surface area (Å²) in [7, 11) is 0. The third-order valence-electron chi connectivity index (χ3n) is 2.10. The van der Waals surface area contributed by atoms with Crippen LogP contribution in [0.25, 0.3) is 0 Å². The zero-order valence-electron chi connectivity index (χ0n) is 9.31. The number of nitrogens with two attached hydrogens (primary N) is 1. The Kier molecular flexibility index (Phi) is 3.33. The Morgan fingerprint density at radius 1 is 1.14 bits per heavy atom. The highest BCUT2D eigenvalue weighted by Gasteiger charge is 2.00. The second kappa shape index (κ2) is 4.30. The normalized spacial score (nSPS) is 11.8. The topological polar surface area (TPSA) is 26.0 Å². The fourth-order valence-electron chi connectivity index (χ4n) is 1.56. The molecule has 0 aliphatic rings. The molecule has 1 nitrogen and oxygen atoms in total. The molecule has 0 spiro atoms. The molecule has 0 aliphatic heterocycles. The fraction of sp³-hybridized carbons (Fsp3) is 0.385. The van der Waals surface area contributed by atoms with Crippen molar-refractivity contribution >= 4 is 0 Å². The smallest absolute Gasteiger partial charge is 0.0639 e. The Morgan fingerprint density at radius 3 is 2.07 bits per heavy atom. The Labute approximate surface area is 86.3 Å². The van der Waals surface area contributed by atoms with Crippen LogP contribution in [0.4, 0.5) is 0 Å². The summed E-state index contributed by atoms with van der Waals surface area (Å²) in [6, 6.07) is 4.24. The lowest BCUT2D eigenvalue weighted by molar-refractivity contribution is 0.959. The van der Waals surface area contributed by atoms with E-state index in [2.05, 4.69) is 44.7 Å². The zero-order chi connectivity index (χ0) is 10.7. The molecule has 0 saturated carbocycles. The number of rotatable bonds is 0. The lowest BCUT2D eigenvalue weighted by Crippen LogP contribution is -2.11. The van der Waals surface area contributed by atoms with Gasteiger partial charge in [0.25, 0.3) is 0 Å². The maximum atomic E-state index is 5.60. The molecule has 74 valence electrons. The van der Waals surface area contributed by atoms with E-state index >= 15 is 0 Å². The van der Waals surface area contributed by atoms with Gasteiger partial charge < -0.3 is 5.73 Å². The van der Waals surface area contributed by atoms with Crippen molar-refractivity contribution in [2.75, 3.05) is 0 Å². The number of hydrogen-bond acceptors (Lipinski definition) is 1. The summed E-state index contributed by atoms with van der Waals surface area (Å²) < 4.78 is 0. The molecule has 1 aromatic rings. The first kappa shape index (κ1) is 10.8. The summed E-state index contributed by atoms with van der Waals surface area (Å²) in [6.45, 7) is 8.17. The van der Waals surface area contributed by atoms with E-state index in [9.17, 15) is 0 Å². The van der Waals surface area contributed by atoms with Gasteiger partial charge in [0.2, 0.25) is 0 Å². The number of hydrogen-bond donors (Lipinski definition) is 1. The maximum Gasteiger partial charge on any atom is 0.0639 e. The summed E-state index contributed by atoms with van der Waals surface area (Å²) in [5.41, 5.74) is 10.5. The van der Waals surface area contributed by atoms with Gasteiger partial charge >= 0.3 is 0 Å². The average molecular weight is 187 g/mol. The van der Waals surface area contributed by atoms with Crippen molar-refractivity contribution in [1.82, 2.24) is 0 Å². The number of aryl methyl sites for hydroxylation is 3.